The summed E-state index contributed by atoms with van der Waals surface area (Å²) in [6.07, 6.45) is 2.24. The van der Waals surface area contributed by atoms with Gasteiger partial charge in [-0.3, -0.25) is 4.79 Å². The zero-order chi connectivity index (χ0) is 17.8. The summed E-state index contributed by atoms with van der Waals surface area (Å²) in [5, 5.41) is 4.98. The molecule has 2 heterocycles. The topological polar surface area (TPSA) is 79.8 Å². The Morgan fingerprint density at radius 3 is 2.52 bits per heavy atom. The Morgan fingerprint density at radius 1 is 1.00 bits per heavy atom. The van der Waals surface area contributed by atoms with Crippen molar-refractivity contribution < 1.29 is 13.6 Å². The van der Waals surface area contributed by atoms with Crippen molar-refractivity contribution in [3.63, 3.8) is 0 Å². The van der Waals surface area contributed by atoms with E-state index in [2.05, 4.69) is 25.6 Å². The van der Waals surface area contributed by atoms with E-state index in [1.807, 2.05) is 0 Å². The highest BCUT2D eigenvalue weighted by atomic mass is 35.5. The van der Waals surface area contributed by atoms with E-state index in [4.69, 9.17) is 11.6 Å². The summed E-state index contributed by atoms with van der Waals surface area (Å²) in [6.45, 7) is 0. The molecule has 0 unspecified atom stereocenters. The molecule has 0 bridgehead atoms. The average molecular weight is 362 g/mol. The molecule has 0 fully saturated rings. The third-order valence-electron chi connectivity index (χ3n) is 3.10. The van der Waals surface area contributed by atoms with Crippen LogP contribution in [-0.4, -0.2) is 20.9 Å². The number of hydrogen-bond acceptors (Lipinski definition) is 5. The van der Waals surface area contributed by atoms with Gasteiger partial charge in [-0.05, 0) is 35.9 Å². The second kappa shape index (κ2) is 7.18. The quantitative estimate of drug-likeness (QED) is 0.691. The lowest BCUT2D eigenvalue weighted by Gasteiger charge is -2.08. The van der Waals surface area contributed by atoms with Crippen LogP contribution in [0.3, 0.4) is 0 Å². The molecule has 1 aromatic carbocycles. The molecule has 25 heavy (non-hydrogen) atoms. The second-order valence-corrected chi connectivity index (χ2v) is 5.16. The number of nitrogens with one attached hydrogen (secondary N) is 2. The molecule has 6 nitrogen and oxygen atoms in total. The highest BCUT2D eigenvalue weighted by Gasteiger charge is 2.11. The van der Waals surface area contributed by atoms with Gasteiger partial charge in [0.05, 0.1) is 23.8 Å². The van der Waals surface area contributed by atoms with E-state index in [-0.39, 0.29) is 22.5 Å². The van der Waals surface area contributed by atoms with Crippen LogP contribution in [0.1, 0.15) is 10.5 Å². The first-order valence-electron chi connectivity index (χ1n) is 7.00. The fourth-order valence-corrected chi connectivity index (χ4v) is 2.05. The van der Waals surface area contributed by atoms with Gasteiger partial charge in [0.1, 0.15) is 11.5 Å². The highest BCUT2D eigenvalue weighted by Crippen LogP contribution is 2.19. The molecule has 0 spiro atoms. The van der Waals surface area contributed by atoms with Gasteiger partial charge in [0.15, 0.2) is 11.6 Å². The number of rotatable bonds is 4. The molecule has 126 valence electrons. The van der Waals surface area contributed by atoms with Crippen LogP contribution in [0.15, 0.2) is 48.8 Å². The van der Waals surface area contributed by atoms with Crippen LogP contribution in [0.2, 0.25) is 5.28 Å². The minimum absolute atomic E-state index is 0.0502. The van der Waals surface area contributed by atoms with Crippen LogP contribution in [0.25, 0.3) is 0 Å². The molecule has 2 N–H and O–H groups in total. The summed E-state index contributed by atoms with van der Waals surface area (Å²) < 4.78 is 27.1. The molecule has 0 aliphatic carbocycles. The van der Waals surface area contributed by atoms with E-state index in [0.717, 1.165) is 6.20 Å². The van der Waals surface area contributed by atoms with E-state index >= 15 is 0 Å². The maximum Gasteiger partial charge on any atom is 0.274 e. The summed E-state index contributed by atoms with van der Waals surface area (Å²) >= 11 is 5.61. The second-order valence-electron chi connectivity index (χ2n) is 4.83. The van der Waals surface area contributed by atoms with Crippen LogP contribution in [0.4, 0.5) is 26.0 Å². The molecular formula is C16H10ClF2N5O. The maximum absolute atomic E-state index is 13.6. The van der Waals surface area contributed by atoms with E-state index in [1.54, 1.807) is 6.07 Å². The molecule has 0 aliphatic rings. The van der Waals surface area contributed by atoms with Crippen LogP contribution < -0.4 is 10.6 Å². The zero-order valence-corrected chi connectivity index (χ0v) is 13.3. The number of carbonyl (C=O) groups is 1. The van der Waals surface area contributed by atoms with Gasteiger partial charge in [-0.25, -0.2) is 18.7 Å². The average Bonchev–Trinajstić information content (AvgIpc) is 2.61. The Balaban J connectivity index is 1.72. The predicted octanol–water partition coefficient (Wildman–Crippen LogP) is 3.80. The Kier molecular flexibility index (Phi) is 4.80. The van der Waals surface area contributed by atoms with Gasteiger partial charge in [-0.2, -0.15) is 4.98 Å². The van der Waals surface area contributed by atoms with Gasteiger partial charge in [0, 0.05) is 0 Å². The lowest BCUT2D eigenvalue weighted by atomic mass is 10.2. The first-order chi connectivity index (χ1) is 12.0. The Hall–Kier alpha value is -3.13. The molecular weight excluding hydrogens is 352 g/mol. The molecule has 0 saturated heterocycles. The highest BCUT2D eigenvalue weighted by molar-refractivity contribution is 6.28. The number of pyridine rings is 1. The van der Waals surface area contributed by atoms with Crippen molar-refractivity contribution in [2.24, 2.45) is 0 Å². The summed E-state index contributed by atoms with van der Waals surface area (Å²) in [6, 6.07) is 8.68. The number of benzene rings is 1. The lowest BCUT2D eigenvalue weighted by Crippen LogP contribution is -2.14. The molecule has 3 rings (SSSR count). The zero-order valence-electron chi connectivity index (χ0n) is 12.5. The monoisotopic (exact) mass is 361 g/mol. The van der Waals surface area contributed by atoms with Crippen LogP contribution >= 0.6 is 11.6 Å². The smallest absolute Gasteiger partial charge is 0.274 e. The number of para-hydroxylation sites is 1. The fourth-order valence-electron chi connectivity index (χ4n) is 1.92. The van der Waals surface area contributed by atoms with Crippen molar-refractivity contribution in [1.82, 2.24) is 15.0 Å². The number of carbonyl (C=O) groups excluding carboxylic acids is 1. The van der Waals surface area contributed by atoms with Crippen molar-refractivity contribution in [2.75, 3.05) is 10.6 Å². The third kappa shape index (κ3) is 4.04. The van der Waals surface area contributed by atoms with E-state index < -0.39 is 17.5 Å². The largest absolute Gasteiger partial charge is 0.336 e. The van der Waals surface area contributed by atoms with E-state index in [1.165, 1.54) is 36.5 Å². The third-order valence-corrected chi connectivity index (χ3v) is 3.28. The molecule has 0 radical (unpaired) electrons. The molecule has 0 aliphatic heterocycles. The SMILES string of the molecule is O=C(Nc1ccccc1F)c1ccc(Nc2nc(Cl)ncc2F)cn1. The maximum atomic E-state index is 13.6. The normalized spacial score (nSPS) is 10.4. The number of anilines is 3. The van der Waals surface area contributed by atoms with Gasteiger partial charge in [0.2, 0.25) is 5.28 Å². The Morgan fingerprint density at radius 2 is 1.80 bits per heavy atom. The Bertz CT molecular complexity index is 921. The first kappa shape index (κ1) is 16.7. The summed E-state index contributed by atoms with van der Waals surface area (Å²) in [4.78, 5) is 23.2. The van der Waals surface area contributed by atoms with Crippen molar-refractivity contribution >= 4 is 34.7 Å². The number of nitrogens with zero attached hydrogens (tertiary/aromatic N) is 3. The molecule has 9 heteroatoms. The van der Waals surface area contributed by atoms with Crippen molar-refractivity contribution in [2.45, 2.75) is 0 Å². The number of aromatic nitrogens is 3. The summed E-state index contributed by atoms with van der Waals surface area (Å²) in [5.74, 6) is -1.94. The van der Waals surface area contributed by atoms with Gasteiger partial charge in [-0.15, -0.1) is 0 Å². The fraction of sp³-hybridized carbons (Fsp3) is 0. The number of hydrogen-bond donors (Lipinski definition) is 2. The molecule has 2 aromatic heterocycles. The summed E-state index contributed by atoms with van der Waals surface area (Å²) in [7, 11) is 0. The van der Waals surface area contributed by atoms with Gasteiger partial charge < -0.3 is 10.6 Å². The van der Waals surface area contributed by atoms with Crippen molar-refractivity contribution in [3.05, 3.63) is 71.4 Å². The van der Waals surface area contributed by atoms with E-state index in [0.29, 0.717) is 5.69 Å². The van der Waals surface area contributed by atoms with Crippen LogP contribution in [0, 0.1) is 11.6 Å². The minimum Gasteiger partial charge on any atom is -0.336 e. The Labute approximate surface area is 145 Å². The number of halogens is 3. The van der Waals surface area contributed by atoms with Crippen LogP contribution in [-0.2, 0) is 0 Å². The minimum atomic E-state index is -0.689. The van der Waals surface area contributed by atoms with Gasteiger partial charge in [0.25, 0.3) is 5.91 Å². The first-order valence-corrected chi connectivity index (χ1v) is 7.38. The molecule has 1 amide bonds. The standard InChI is InChI=1S/C16H10ClF2N5O/c17-16-21-8-11(19)14(24-16)22-9-5-6-13(20-7-9)15(25)23-12-4-2-1-3-10(12)18/h1-8H,(H,23,25)(H,21,22,24). The van der Waals surface area contributed by atoms with Gasteiger partial charge >= 0.3 is 0 Å². The number of amides is 1. The lowest BCUT2D eigenvalue weighted by molar-refractivity contribution is 0.102. The van der Waals surface area contributed by atoms with Crippen LogP contribution in [0.5, 0.6) is 0 Å². The van der Waals surface area contributed by atoms with E-state index in [9.17, 15) is 13.6 Å². The van der Waals surface area contributed by atoms with Gasteiger partial charge in [-0.1, -0.05) is 12.1 Å². The molecule has 3 aromatic rings. The summed E-state index contributed by atoms with van der Waals surface area (Å²) in [5.41, 5.74) is 0.500. The predicted molar refractivity (Wildman–Crippen MR) is 88.9 cm³/mol. The molecule has 0 atom stereocenters. The molecule has 0 saturated carbocycles. The van der Waals surface area contributed by atoms with Crippen molar-refractivity contribution in [1.29, 1.82) is 0 Å². The van der Waals surface area contributed by atoms with Crippen molar-refractivity contribution in [3.8, 4) is 0 Å².